The highest BCUT2D eigenvalue weighted by atomic mass is 19.4. The van der Waals surface area contributed by atoms with Gasteiger partial charge in [-0.3, -0.25) is 9.59 Å². The van der Waals surface area contributed by atoms with E-state index in [1.807, 2.05) is 4.90 Å². The summed E-state index contributed by atoms with van der Waals surface area (Å²) in [4.78, 5) is 31.8. The molecule has 2 aromatic heterocycles. The Labute approximate surface area is 218 Å². The van der Waals surface area contributed by atoms with Crippen LogP contribution in [0.3, 0.4) is 0 Å². The quantitative estimate of drug-likeness (QED) is 0.390. The van der Waals surface area contributed by atoms with E-state index in [0.717, 1.165) is 18.5 Å². The summed E-state index contributed by atoms with van der Waals surface area (Å²) in [6, 6.07) is 0.125. The Morgan fingerprint density at radius 2 is 2.00 bits per heavy atom. The smallest absolute Gasteiger partial charge is 0.423 e. The number of pyridine rings is 1. The molecule has 0 radical (unpaired) electrons. The first-order chi connectivity index (χ1) is 18.3. The molecule has 1 amide bonds. The average molecular weight is 564 g/mol. The molecule has 16 heteroatoms. The van der Waals surface area contributed by atoms with Gasteiger partial charge in [-0.25, -0.2) is 10.1 Å². The maximum absolute atomic E-state index is 13.2. The van der Waals surface area contributed by atoms with E-state index in [1.165, 1.54) is 0 Å². The number of carbonyl (C=O) groups excluding carboxylic acids is 1. The zero-order valence-electron chi connectivity index (χ0n) is 20.7. The van der Waals surface area contributed by atoms with Crippen LogP contribution in [0.1, 0.15) is 30.9 Å². The number of amides is 1. The van der Waals surface area contributed by atoms with Gasteiger partial charge >= 0.3 is 12.4 Å². The van der Waals surface area contributed by atoms with E-state index < -0.39 is 40.8 Å². The summed E-state index contributed by atoms with van der Waals surface area (Å²) in [5, 5.41) is 7.71. The Balaban J connectivity index is 1.26. The van der Waals surface area contributed by atoms with Gasteiger partial charge in [0.15, 0.2) is 11.6 Å². The number of nitrogens with zero attached hydrogens (tertiary/aromatic N) is 4. The minimum Gasteiger partial charge on any atom is -0.490 e. The van der Waals surface area contributed by atoms with Gasteiger partial charge < -0.3 is 24.6 Å². The lowest BCUT2D eigenvalue weighted by atomic mass is 10.1. The molecule has 1 fully saturated rings. The highest BCUT2D eigenvalue weighted by molar-refractivity contribution is 5.76. The molecule has 2 N–H and O–H groups in total. The van der Waals surface area contributed by atoms with Crippen LogP contribution in [0.2, 0.25) is 0 Å². The molecular formula is C23H26F6N6O4. The van der Waals surface area contributed by atoms with Gasteiger partial charge in [0.1, 0.15) is 5.56 Å². The van der Waals surface area contributed by atoms with Crippen LogP contribution in [-0.4, -0.2) is 77.5 Å². The normalized spacial score (nSPS) is 18.5. The third-order valence-electron chi connectivity index (χ3n) is 6.35. The van der Waals surface area contributed by atoms with Gasteiger partial charge in [-0.2, -0.15) is 31.4 Å². The first kappa shape index (κ1) is 28.4. The summed E-state index contributed by atoms with van der Waals surface area (Å²) < 4.78 is 89.7. The molecule has 0 aliphatic carbocycles. The van der Waals surface area contributed by atoms with E-state index in [-0.39, 0.29) is 43.9 Å². The number of hydrogen-bond donors (Lipinski definition) is 2. The minimum atomic E-state index is -4.87. The Bertz CT molecular complexity index is 1240. The number of anilines is 2. The van der Waals surface area contributed by atoms with Crippen LogP contribution < -0.4 is 20.5 Å². The molecule has 4 heterocycles. The predicted octanol–water partition coefficient (Wildman–Crippen LogP) is 2.91. The molecule has 0 bridgehead atoms. The number of H-pyrrole nitrogens is 1. The molecule has 0 aromatic carbocycles. The molecular weight excluding hydrogens is 538 g/mol. The molecule has 39 heavy (non-hydrogen) atoms. The van der Waals surface area contributed by atoms with Crippen molar-refractivity contribution in [3.8, 4) is 5.75 Å². The second-order valence-corrected chi connectivity index (χ2v) is 9.22. The number of piperazine rings is 1. The summed E-state index contributed by atoms with van der Waals surface area (Å²) >= 11 is 0. The van der Waals surface area contributed by atoms with Crippen molar-refractivity contribution in [1.82, 2.24) is 20.1 Å². The molecule has 0 spiro atoms. The number of nitrogens with one attached hydrogen (secondary N) is 2. The van der Waals surface area contributed by atoms with Gasteiger partial charge in [0.25, 0.3) is 5.56 Å². The van der Waals surface area contributed by atoms with E-state index in [0.29, 0.717) is 31.9 Å². The van der Waals surface area contributed by atoms with Crippen molar-refractivity contribution in [2.45, 2.75) is 44.2 Å². The monoisotopic (exact) mass is 564 g/mol. The van der Waals surface area contributed by atoms with Gasteiger partial charge in [-0.1, -0.05) is 0 Å². The zero-order chi connectivity index (χ0) is 28.4. The van der Waals surface area contributed by atoms with Crippen molar-refractivity contribution in [3.63, 3.8) is 0 Å². The average Bonchev–Trinajstić information content (AvgIpc) is 3.03. The summed E-state index contributed by atoms with van der Waals surface area (Å²) in [5.74, 6) is 0.173. The first-order valence-corrected chi connectivity index (χ1v) is 12.1. The number of alkyl halides is 6. The Hall–Kier alpha value is -3.56. The van der Waals surface area contributed by atoms with Gasteiger partial charge in [-0.15, -0.1) is 0 Å². The molecule has 4 rings (SSSR count). The highest BCUT2D eigenvalue weighted by Gasteiger charge is 2.38. The van der Waals surface area contributed by atoms with E-state index in [2.05, 4.69) is 15.4 Å². The lowest BCUT2D eigenvalue weighted by Gasteiger charge is -2.41. The lowest BCUT2D eigenvalue weighted by molar-refractivity contribution is -0.138. The second kappa shape index (κ2) is 11.3. The molecule has 2 aliphatic rings. The second-order valence-electron chi connectivity index (χ2n) is 9.22. The van der Waals surface area contributed by atoms with Crippen molar-refractivity contribution < 1.29 is 40.6 Å². The van der Waals surface area contributed by atoms with E-state index in [9.17, 15) is 35.9 Å². The van der Waals surface area contributed by atoms with E-state index in [4.69, 9.17) is 9.47 Å². The van der Waals surface area contributed by atoms with Crippen LogP contribution in [0.15, 0.2) is 23.3 Å². The van der Waals surface area contributed by atoms with Crippen molar-refractivity contribution in [3.05, 3.63) is 39.9 Å². The molecule has 0 saturated carbocycles. The number of halogens is 6. The molecule has 1 saturated heterocycles. The Kier molecular flexibility index (Phi) is 8.23. The number of fused-ring (bicyclic) bond motifs is 3. The number of rotatable bonds is 7. The molecule has 10 nitrogen and oxygen atoms in total. The summed E-state index contributed by atoms with van der Waals surface area (Å²) in [6.07, 6.45) is -7.26. The van der Waals surface area contributed by atoms with Gasteiger partial charge in [0.05, 0.1) is 49.7 Å². The van der Waals surface area contributed by atoms with Crippen molar-refractivity contribution in [2.75, 3.05) is 49.7 Å². The third kappa shape index (κ3) is 6.72. The van der Waals surface area contributed by atoms with E-state index in [1.54, 1.807) is 16.9 Å². The maximum Gasteiger partial charge on any atom is 0.423 e. The summed E-state index contributed by atoms with van der Waals surface area (Å²) in [6.45, 7) is 2.73. The number of hydrogen-bond acceptors (Lipinski definition) is 8. The fourth-order valence-corrected chi connectivity index (χ4v) is 4.50. The Morgan fingerprint density at radius 3 is 2.72 bits per heavy atom. The van der Waals surface area contributed by atoms with Crippen LogP contribution >= 0.6 is 0 Å². The minimum absolute atomic E-state index is 0.0171. The van der Waals surface area contributed by atoms with Crippen LogP contribution in [0, 0.1) is 0 Å². The molecule has 214 valence electrons. The van der Waals surface area contributed by atoms with Crippen LogP contribution in [-0.2, 0) is 21.9 Å². The number of aromatic nitrogens is 3. The fraction of sp³-hybridized carbons (Fsp3) is 0.565. The topological polar surface area (TPSA) is 113 Å². The number of ether oxygens (including phenoxy) is 2. The first-order valence-electron chi connectivity index (χ1n) is 12.1. The number of carbonyl (C=O) groups is 1. The SMILES string of the molecule is C[C@H](COCCC(=O)N1CCN2c3ncc(C(F)(F)F)cc3OCCC2C1)Nc1cn[nH]c(=O)c1C(F)(F)F. The maximum atomic E-state index is 13.2. The van der Waals surface area contributed by atoms with Gasteiger partial charge in [0, 0.05) is 38.3 Å². The molecule has 2 atom stereocenters. The fourth-order valence-electron chi connectivity index (χ4n) is 4.50. The van der Waals surface area contributed by atoms with Crippen molar-refractivity contribution in [1.29, 1.82) is 0 Å². The molecule has 1 unspecified atom stereocenters. The molecule has 2 aromatic rings. The van der Waals surface area contributed by atoms with Crippen molar-refractivity contribution >= 4 is 17.4 Å². The predicted molar refractivity (Wildman–Crippen MR) is 125 cm³/mol. The number of aromatic amines is 1. The third-order valence-corrected chi connectivity index (χ3v) is 6.35. The highest BCUT2D eigenvalue weighted by Crippen LogP contribution is 2.38. The largest absolute Gasteiger partial charge is 0.490 e. The van der Waals surface area contributed by atoms with Gasteiger partial charge in [0.2, 0.25) is 5.91 Å². The Morgan fingerprint density at radius 1 is 1.23 bits per heavy atom. The summed E-state index contributed by atoms with van der Waals surface area (Å²) in [5.41, 5.74) is -4.12. The van der Waals surface area contributed by atoms with Gasteiger partial charge in [-0.05, 0) is 13.0 Å². The standard InChI is InChI=1S/C23H26F6N6O4/c1-13(32-16-10-31-33-21(37)19(16)23(27,28)29)12-38-6-3-18(36)34-4-5-35-15(11-34)2-7-39-17-8-14(22(24,25)26)9-30-20(17)35/h8-10,13,15H,2-7,11-12H2,1H3,(H2,32,33,37)/t13-,15?/m1/s1. The zero-order valence-corrected chi connectivity index (χ0v) is 20.7. The lowest BCUT2D eigenvalue weighted by Crippen LogP contribution is -2.55. The van der Waals surface area contributed by atoms with Crippen LogP contribution in [0.5, 0.6) is 5.75 Å². The summed E-state index contributed by atoms with van der Waals surface area (Å²) in [7, 11) is 0. The van der Waals surface area contributed by atoms with Crippen molar-refractivity contribution in [2.24, 2.45) is 0 Å². The van der Waals surface area contributed by atoms with Crippen LogP contribution in [0.25, 0.3) is 0 Å². The molecule has 2 aliphatic heterocycles. The van der Waals surface area contributed by atoms with E-state index >= 15 is 0 Å². The van der Waals surface area contributed by atoms with Crippen LogP contribution in [0.4, 0.5) is 37.8 Å².